The van der Waals surface area contributed by atoms with E-state index >= 15 is 0 Å². The fourth-order valence-electron chi connectivity index (χ4n) is 5.57. The first kappa shape index (κ1) is 25.2. The Morgan fingerprint density at radius 3 is 2.37 bits per heavy atom. The molecule has 0 aliphatic carbocycles. The maximum atomic E-state index is 13.6. The third kappa shape index (κ3) is 3.56. The van der Waals surface area contributed by atoms with Gasteiger partial charge in [-0.15, -0.1) is 11.3 Å². The molecule has 5 aromatic rings. The van der Waals surface area contributed by atoms with Gasteiger partial charge in [0.2, 0.25) is 0 Å². The number of hydrogen-bond acceptors (Lipinski definition) is 3. The molecule has 0 atom stereocenters. The number of hydrogen-bond donors (Lipinski definition) is 0. The molecule has 6 heteroatoms. The van der Waals surface area contributed by atoms with Crippen LogP contribution in [0.2, 0.25) is 0 Å². The van der Waals surface area contributed by atoms with Crippen LogP contribution in [0.5, 0.6) is 5.75 Å². The van der Waals surface area contributed by atoms with Crippen molar-refractivity contribution in [3.8, 4) is 17.0 Å². The van der Waals surface area contributed by atoms with Crippen LogP contribution in [0, 0.1) is 5.41 Å². The second kappa shape index (κ2) is 7.95. The fraction of sp³-hybridized carbons (Fsp3) is 0.344. The Hall–Kier alpha value is -3.12. The summed E-state index contributed by atoms with van der Waals surface area (Å²) >= 11 is 1.58. The third-order valence-electron chi connectivity index (χ3n) is 8.61. The zero-order chi connectivity index (χ0) is 27.3. The molecule has 2 nitrogen and oxygen atoms in total. The van der Waals surface area contributed by atoms with Crippen LogP contribution in [0.15, 0.2) is 60.8 Å². The van der Waals surface area contributed by atoms with Gasteiger partial charge in [0.15, 0.2) is 0 Å². The van der Waals surface area contributed by atoms with Crippen LogP contribution >= 0.6 is 11.3 Å². The van der Waals surface area contributed by atoms with E-state index in [-0.39, 0.29) is 11.8 Å². The second-order valence-electron chi connectivity index (χ2n) is 12.1. The summed E-state index contributed by atoms with van der Waals surface area (Å²) in [6.07, 6.45) is -2.52. The lowest BCUT2D eigenvalue weighted by Gasteiger charge is -2.33. The van der Waals surface area contributed by atoms with Crippen molar-refractivity contribution in [2.24, 2.45) is 5.41 Å². The molecule has 0 bridgehead atoms. The molecule has 0 radical (unpaired) electrons. The molecule has 196 valence electrons. The average molecular weight is 534 g/mol. The van der Waals surface area contributed by atoms with Crippen LogP contribution < -0.4 is 4.74 Å². The van der Waals surface area contributed by atoms with Crippen LogP contribution in [-0.2, 0) is 11.8 Å². The molecular weight excluding hydrogens is 503 g/mol. The first-order valence-electron chi connectivity index (χ1n) is 12.8. The SMILES string of the molecule is CC(C)(Cc1ccc2c(c1)sc1c(-c3cc4ccccc4c4c3OC(C)(C)C4(C)C)nccc12)C(F)(F)F. The summed E-state index contributed by atoms with van der Waals surface area (Å²) in [6.45, 7) is 11.2. The molecule has 38 heavy (non-hydrogen) atoms. The van der Waals surface area contributed by atoms with Gasteiger partial charge in [-0.1, -0.05) is 64.1 Å². The normalized spacial score (nSPS) is 16.8. The molecule has 0 amide bonds. The maximum absolute atomic E-state index is 13.6. The maximum Gasteiger partial charge on any atom is 0.394 e. The largest absolute Gasteiger partial charge is 0.486 e. The minimum Gasteiger partial charge on any atom is -0.486 e. The Bertz CT molecular complexity index is 1740. The average Bonchev–Trinajstić information content (AvgIpc) is 3.28. The number of thiophene rings is 1. The standard InChI is InChI=1S/C32H30F3NOS/c1-29(2,32(33,34)35)17-18-11-12-21-22-13-14-36-26(28(22)38-24(21)15-18)23-16-19-9-7-8-10-20(19)25-27(23)37-31(5,6)30(25,3)4/h7-16H,17H2,1-6H3. The van der Waals surface area contributed by atoms with Crippen molar-refractivity contribution in [1.29, 1.82) is 0 Å². The number of aromatic nitrogens is 1. The van der Waals surface area contributed by atoms with E-state index in [0.29, 0.717) is 5.56 Å². The van der Waals surface area contributed by atoms with Gasteiger partial charge in [-0.25, -0.2) is 0 Å². The van der Waals surface area contributed by atoms with Crippen LogP contribution in [0.4, 0.5) is 13.2 Å². The zero-order valence-electron chi connectivity index (χ0n) is 22.4. The summed E-state index contributed by atoms with van der Waals surface area (Å²) in [5, 5.41) is 4.39. The van der Waals surface area contributed by atoms with Crippen LogP contribution in [-0.4, -0.2) is 16.8 Å². The van der Waals surface area contributed by atoms with E-state index in [4.69, 9.17) is 9.72 Å². The predicted molar refractivity (Wildman–Crippen MR) is 151 cm³/mol. The molecule has 1 aliphatic heterocycles. The highest BCUT2D eigenvalue weighted by Gasteiger charge is 2.50. The summed E-state index contributed by atoms with van der Waals surface area (Å²) in [6, 6.07) is 18.2. The van der Waals surface area contributed by atoms with Crippen molar-refractivity contribution >= 4 is 42.3 Å². The smallest absolute Gasteiger partial charge is 0.394 e. The van der Waals surface area contributed by atoms with Gasteiger partial charge >= 0.3 is 6.18 Å². The number of ether oxygens (including phenoxy) is 1. The van der Waals surface area contributed by atoms with Crippen molar-refractivity contribution in [1.82, 2.24) is 4.98 Å². The lowest BCUT2D eigenvalue weighted by molar-refractivity contribution is -0.211. The summed E-state index contributed by atoms with van der Waals surface area (Å²) in [5.74, 6) is 0.865. The van der Waals surface area contributed by atoms with Gasteiger partial charge < -0.3 is 4.74 Å². The van der Waals surface area contributed by atoms with Crippen molar-refractivity contribution < 1.29 is 17.9 Å². The van der Waals surface area contributed by atoms with E-state index in [2.05, 4.69) is 52.0 Å². The number of nitrogens with zero attached hydrogens (tertiary/aromatic N) is 1. The van der Waals surface area contributed by atoms with Gasteiger partial charge in [-0.3, -0.25) is 4.98 Å². The van der Waals surface area contributed by atoms with Gasteiger partial charge in [-0.2, -0.15) is 13.2 Å². The van der Waals surface area contributed by atoms with E-state index in [9.17, 15) is 13.2 Å². The summed E-state index contributed by atoms with van der Waals surface area (Å²) in [4.78, 5) is 4.85. The number of pyridine rings is 1. The highest BCUT2D eigenvalue weighted by molar-refractivity contribution is 7.26. The lowest BCUT2D eigenvalue weighted by Crippen LogP contribution is -2.42. The molecule has 3 aromatic carbocycles. The number of rotatable bonds is 3. The Morgan fingerprint density at radius 1 is 0.895 bits per heavy atom. The van der Waals surface area contributed by atoms with E-state index in [1.165, 1.54) is 24.8 Å². The highest BCUT2D eigenvalue weighted by Crippen LogP contribution is 2.56. The highest BCUT2D eigenvalue weighted by atomic mass is 32.1. The third-order valence-corrected chi connectivity index (χ3v) is 9.79. The molecular formula is C32H30F3NOS. The molecule has 0 spiro atoms. The van der Waals surface area contributed by atoms with Crippen LogP contribution in [0.3, 0.4) is 0 Å². The first-order valence-corrected chi connectivity index (χ1v) is 13.7. The van der Waals surface area contributed by atoms with E-state index in [1.54, 1.807) is 11.3 Å². The Labute approximate surface area is 224 Å². The second-order valence-corrected chi connectivity index (χ2v) is 13.2. The minimum atomic E-state index is -4.27. The van der Waals surface area contributed by atoms with Gasteiger partial charge in [0.05, 0.1) is 15.8 Å². The molecule has 0 N–H and O–H groups in total. The van der Waals surface area contributed by atoms with Crippen molar-refractivity contribution in [2.75, 3.05) is 0 Å². The van der Waals surface area contributed by atoms with E-state index in [1.807, 2.05) is 36.5 Å². The molecule has 0 unspecified atom stereocenters. The van der Waals surface area contributed by atoms with Crippen molar-refractivity contribution in [2.45, 2.75) is 65.2 Å². The number of benzene rings is 3. The van der Waals surface area contributed by atoms with E-state index < -0.39 is 17.2 Å². The molecule has 0 fully saturated rings. The summed E-state index contributed by atoms with van der Waals surface area (Å²) < 4.78 is 49.3. The minimum absolute atomic E-state index is 0.0675. The van der Waals surface area contributed by atoms with Gasteiger partial charge in [-0.05, 0) is 54.8 Å². The Balaban J connectivity index is 1.57. The first-order chi connectivity index (χ1) is 17.7. The van der Waals surface area contributed by atoms with Gasteiger partial charge in [0, 0.05) is 38.2 Å². The fourth-order valence-corrected chi connectivity index (χ4v) is 6.84. The Kier molecular flexibility index (Phi) is 5.27. The summed E-state index contributed by atoms with van der Waals surface area (Å²) in [7, 11) is 0. The number of alkyl halides is 3. The topological polar surface area (TPSA) is 22.1 Å². The zero-order valence-corrected chi connectivity index (χ0v) is 23.2. The van der Waals surface area contributed by atoms with E-state index in [0.717, 1.165) is 42.6 Å². The van der Waals surface area contributed by atoms with Gasteiger partial charge in [0.25, 0.3) is 0 Å². The number of halogens is 3. The number of fused-ring (bicyclic) bond motifs is 6. The van der Waals surface area contributed by atoms with Crippen LogP contribution in [0.25, 0.3) is 42.2 Å². The molecule has 6 rings (SSSR count). The molecule has 1 aliphatic rings. The molecule has 0 saturated heterocycles. The monoisotopic (exact) mass is 533 g/mol. The van der Waals surface area contributed by atoms with Crippen molar-refractivity contribution in [3.05, 3.63) is 71.9 Å². The molecule has 3 heterocycles. The quantitative estimate of drug-likeness (QED) is 0.230. The molecule has 0 saturated carbocycles. The lowest BCUT2D eigenvalue weighted by atomic mass is 9.72. The Morgan fingerprint density at radius 2 is 1.63 bits per heavy atom. The predicted octanol–water partition coefficient (Wildman–Crippen LogP) is 9.85. The van der Waals surface area contributed by atoms with Crippen molar-refractivity contribution in [3.63, 3.8) is 0 Å². The summed E-state index contributed by atoms with van der Waals surface area (Å²) in [5.41, 5.74) is 1.22. The van der Waals surface area contributed by atoms with Gasteiger partial charge in [0.1, 0.15) is 11.4 Å². The molecule has 2 aromatic heterocycles. The van der Waals surface area contributed by atoms with Crippen LogP contribution in [0.1, 0.15) is 52.7 Å².